The monoisotopic (exact) mass is 441 g/mol. The van der Waals surface area contributed by atoms with Crippen LogP contribution in [0.2, 0.25) is 5.02 Å². The van der Waals surface area contributed by atoms with Crippen molar-refractivity contribution in [3.63, 3.8) is 0 Å². The third-order valence-electron chi connectivity index (χ3n) is 5.22. The van der Waals surface area contributed by atoms with E-state index >= 15 is 0 Å². The number of rotatable bonds is 3. The van der Waals surface area contributed by atoms with Crippen LogP contribution in [0.5, 0.6) is 5.75 Å². The zero-order valence-corrected chi connectivity index (χ0v) is 18.0. The van der Waals surface area contributed by atoms with E-state index in [1.165, 1.54) is 25.3 Å². The highest BCUT2D eigenvalue weighted by Gasteiger charge is 2.35. The first-order chi connectivity index (χ1) is 13.7. The average molecular weight is 442 g/mol. The molecule has 158 valence electrons. The number of amides is 3. The molecule has 3 amide bonds. The second-order valence-corrected chi connectivity index (χ2v) is 10.2. The molecule has 0 N–H and O–H groups in total. The minimum absolute atomic E-state index is 0.0408. The zero-order valence-electron chi connectivity index (χ0n) is 16.4. The van der Waals surface area contributed by atoms with Crippen molar-refractivity contribution in [3.8, 4) is 5.75 Å². The topological polar surface area (TPSA) is 96.3 Å². The molecular weight excluding hydrogens is 418 g/mol. The molecule has 0 spiro atoms. The van der Waals surface area contributed by atoms with E-state index in [1.807, 2.05) is 0 Å². The average Bonchev–Trinajstić information content (AvgIpc) is 2.90. The van der Waals surface area contributed by atoms with Gasteiger partial charge in [-0.1, -0.05) is 11.6 Å². The molecule has 2 unspecified atom stereocenters. The molecule has 2 heterocycles. The van der Waals surface area contributed by atoms with E-state index in [4.69, 9.17) is 16.3 Å². The number of carbonyl (C=O) groups is 3. The highest BCUT2D eigenvalue weighted by atomic mass is 35.5. The zero-order chi connectivity index (χ0) is 21.2. The van der Waals surface area contributed by atoms with Crippen molar-refractivity contribution in [2.75, 3.05) is 45.3 Å². The summed E-state index contributed by atoms with van der Waals surface area (Å²) in [6.07, 6.45) is 0.699. The Balaban J connectivity index is 1.71. The van der Waals surface area contributed by atoms with Gasteiger partial charge in [0, 0.05) is 50.2 Å². The van der Waals surface area contributed by atoms with E-state index in [2.05, 4.69) is 4.36 Å². The van der Waals surface area contributed by atoms with E-state index in [1.54, 1.807) is 16.8 Å². The Bertz CT molecular complexity index is 957. The number of ether oxygens (including phenoxy) is 1. The van der Waals surface area contributed by atoms with Crippen molar-refractivity contribution in [2.24, 2.45) is 10.3 Å². The number of methoxy groups -OCH3 is 1. The minimum Gasteiger partial charge on any atom is -0.495 e. The SMILES string of the molecule is COc1cc(C(=O)N=S2(=O)CCCN(C(=O)C3CC(=O)N(C)C3)CC2)ccc1Cl. The van der Waals surface area contributed by atoms with Gasteiger partial charge in [0.25, 0.3) is 5.91 Å². The first-order valence-electron chi connectivity index (χ1n) is 9.35. The number of hydrogen-bond acceptors (Lipinski definition) is 5. The van der Waals surface area contributed by atoms with Gasteiger partial charge in [-0.15, -0.1) is 0 Å². The smallest absolute Gasteiger partial charge is 0.285 e. The molecule has 2 saturated heterocycles. The van der Waals surface area contributed by atoms with Gasteiger partial charge in [0.15, 0.2) is 0 Å². The van der Waals surface area contributed by atoms with Crippen LogP contribution in [0.4, 0.5) is 0 Å². The number of likely N-dealkylation sites (tertiary alicyclic amines) is 1. The summed E-state index contributed by atoms with van der Waals surface area (Å²) in [4.78, 5) is 40.2. The van der Waals surface area contributed by atoms with Crippen molar-refractivity contribution < 1.29 is 23.3 Å². The van der Waals surface area contributed by atoms with Gasteiger partial charge in [-0.3, -0.25) is 14.4 Å². The molecular formula is C19H24ClN3O5S. The van der Waals surface area contributed by atoms with E-state index in [0.717, 1.165) is 0 Å². The Morgan fingerprint density at radius 1 is 1.28 bits per heavy atom. The third kappa shape index (κ3) is 4.90. The second-order valence-electron chi connectivity index (χ2n) is 7.28. The molecule has 10 heteroatoms. The molecule has 0 saturated carbocycles. The van der Waals surface area contributed by atoms with Gasteiger partial charge in [-0.2, -0.15) is 4.36 Å². The van der Waals surface area contributed by atoms with Crippen LogP contribution in [0.25, 0.3) is 0 Å². The maximum Gasteiger partial charge on any atom is 0.285 e. The molecule has 3 rings (SSSR count). The molecule has 2 atom stereocenters. The lowest BCUT2D eigenvalue weighted by Gasteiger charge is -2.23. The van der Waals surface area contributed by atoms with Gasteiger partial charge in [-0.05, 0) is 24.6 Å². The van der Waals surface area contributed by atoms with Crippen molar-refractivity contribution in [3.05, 3.63) is 28.8 Å². The maximum atomic E-state index is 13.2. The van der Waals surface area contributed by atoms with Crippen LogP contribution in [-0.4, -0.2) is 77.0 Å². The van der Waals surface area contributed by atoms with Crippen LogP contribution in [0.15, 0.2) is 22.6 Å². The molecule has 2 fully saturated rings. The molecule has 0 bridgehead atoms. The predicted molar refractivity (Wildman–Crippen MR) is 110 cm³/mol. The summed E-state index contributed by atoms with van der Waals surface area (Å²) in [6, 6.07) is 4.51. The Hall–Kier alpha value is -2.13. The van der Waals surface area contributed by atoms with Crippen molar-refractivity contribution in [1.29, 1.82) is 0 Å². The van der Waals surface area contributed by atoms with Crippen LogP contribution in [0.3, 0.4) is 0 Å². The first kappa shape index (κ1) is 21.6. The number of halogens is 1. The fraction of sp³-hybridized carbons (Fsp3) is 0.526. The summed E-state index contributed by atoms with van der Waals surface area (Å²) in [7, 11) is 0.341. The number of nitrogens with zero attached hydrogens (tertiary/aromatic N) is 3. The van der Waals surface area contributed by atoms with Gasteiger partial charge in [0.1, 0.15) is 5.75 Å². The van der Waals surface area contributed by atoms with Gasteiger partial charge in [0.05, 0.1) is 27.8 Å². The van der Waals surface area contributed by atoms with E-state index in [-0.39, 0.29) is 47.8 Å². The van der Waals surface area contributed by atoms with Crippen LogP contribution in [-0.2, 0) is 19.3 Å². The summed E-state index contributed by atoms with van der Waals surface area (Å²) in [6.45, 7) is 1.11. The molecule has 0 aliphatic carbocycles. The quantitative estimate of drug-likeness (QED) is 0.710. The summed E-state index contributed by atoms with van der Waals surface area (Å²) >= 11 is 5.97. The van der Waals surface area contributed by atoms with Crippen LogP contribution < -0.4 is 4.74 Å². The predicted octanol–water partition coefficient (Wildman–Crippen LogP) is 1.67. The largest absolute Gasteiger partial charge is 0.495 e. The molecule has 29 heavy (non-hydrogen) atoms. The first-order valence-corrected chi connectivity index (χ1v) is 11.6. The highest BCUT2D eigenvalue weighted by Crippen LogP contribution is 2.26. The van der Waals surface area contributed by atoms with Crippen LogP contribution in [0, 0.1) is 5.92 Å². The third-order valence-corrected chi connectivity index (χ3v) is 7.78. The Morgan fingerprint density at radius 2 is 2.03 bits per heavy atom. The fourth-order valence-corrected chi connectivity index (χ4v) is 5.62. The number of carbonyl (C=O) groups excluding carboxylic acids is 3. The Morgan fingerprint density at radius 3 is 2.69 bits per heavy atom. The van der Waals surface area contributed by atoms with Gasteiger partial charge >= 0.3 is 0 Å². The van der Waals surface area contributed by atoms with Crippen LogP contribution >= 0.6 is 11.6 Å². The molecule has 2 aliphatic rings. The Labute approximate surface area is 175 Å². The van der Waals surface area contributed by atoms with Crippen LogP contribution in [0.1, 0.15) is 23.2 Å². The van der Waals surface area contributed by atoms with Gasteiger partial charge in [-0.25, -0.2) is 4.21 Å². The standard InChI is InChI=1S/C19H24ClN3O5S/c1-22-12-14(11-17(22)24)19(26)23-6-3-8-29(27,9-7-23)21-18(25)13-4-5-15(20)16(10-13)28-2/h4-5,10,14H,3,6-9,11-12H2,1-2H3. The summed E-state index contributed by atoms with van der Waals surface area (Å²) in [5.41, 5.74) is 0.249. The maximum absolute atomic E-state index is 13.2. The molecule has 0 radical (unpaired) electrons. The normalized spacial score (nSPS) is 24.9. The lowest BCUT2D eigenvalue weighted by Crippen LogP contribution is -2.39. The lowest BCUT2D eigenvalue weighted by molar-refractivity contribution is -0.135. The number of benzene rings is 1. The summed E-state index contributed by atoms with van der Waals surface area (Å²) < 4.78 is 22.3. The minimum atomic E-state index is -2.78. The summed E-state index contributed by atoms with van der Waals surface area (Å²) in [5, 5.41) is 0.368. The summed E-state index contributed by atoms with van der Waals surface area (Å²) in [5.74, 6) is -0.366. The van der Waals surface area contributed by atoms with Crippen molar-refractivity contribution in [2.45, 2.75) is 12.8 Å². The molecule has 0 aromatic heterocycles. The fourth-order valence-electron chi connectivity index (χ4n) is 3.54. The Kier molecular flexibility index (Phi) is 6.48. The molecule has 1 aromatic rings. The van der Waals surface area contributed by atoms with E-state index in [0.29, 0.717) is 30.3 Å². The highest BCUT2D eigenvalue weighted by molar-refractivity contribution is 7.93. The lowest BCUT2D eigenvalue weighted by atomic mass is 10.1. The number of hydrogen-bond donors (Lipinski definition) is 0. The molecule has 2 aliphatic heterocycles. The van der Waals surface area contributed by atoms with E-state index < -0.39 is 15.6 Å². The van der Waals surface area contributed by atoms with Crippen molar-refractivity contribution in [1.82, 2.24) is 9.80 Å². The molecule has 8 nitrogen and oxygen atoms in total. The van der Waals surface area contributed by atoms with Gasteiger partial charge in [0.2, 0.25) is 11.8 Å². The second kappa shape index (κ2) is 8.71. The van der Waals surface area contributed by atoms with Gasteiger partial charge < -0.3 is 14.5 Å². The molecule has 1 aromatic carbocycles. The van der Waals surface area contributed by atoms with E-state index in [9.17, 15) is 18.6 Å². The van der Waals surface area contributed by atoms with Crippen molar-refractivity contribution >= 4 is 39.1 Å².